The van der Waals surface area contributed by atoms with Crippen LogP contribution in [-0.2, 0) is 31.2 Å². The predicted molar refractivity (Wildman–Crippen MR) is 238 cm³/mol. The molecule has 8 heterocycles. The molecule has 2 unspecified atom stereocenters. The fourth-order valence-electron chi connectivity index (χ4n) is 10.3. The molecule has 5 aliphatic rings. The van der Waals surface area contributed by atoms with Crippen LogP contribution in [0.2, 0.25) is 0 Å². The van der Waals surface area contributed by atoms with E-state index in [1.54, 1.807) is 19.2 Å². The van der Waals surface area contributed by atoms with Gasteiger partial charge in [0, 0.05) is 111 Å². The number of nitrogens with one attached hydrogen (secondary N) is 4. The Morgan fingerprint density at radius 1 is 1.02 bits per heavy atom. The Kier molecular flexibility index (Phi) is 12.4. The van der Waals surface area contributed by atoms with Crippen molar-refractivity contribution >= 4 is 34.7 Å². The van der Waals surface area contributed by atoms with Gasteiger partial charge >= 0.3 is 0 Å². The number of anilines is 2. The Morgan fingerprint density at radius 2 is 1.83 bits per heavy atom. The highest BCUT2D eigenvalue weighted by molar-refractivity contribution is 6.01. The van der Waals surface area contributed by atoms with Gasteiger partial charge in [0.1, 0.15) is 17.5 Å². The van der Waals surface area contributed by atoms with Gasteiger partial charge < -0.3 is 30.3 Å². The monoisotopic (exact) mass is 875 g/mol. The minimum Gasteiger partial charge on any atom is -0.389 e. The molecular weight excluding hydrogens is 818 g/mol. The second-order valence-electron chi connectivity index (χ2n) is 18.3. The van der Waals surface area contributed by atoms with Gasteiger partial charge in [-0.1, -0.05) is 12.1 Å². The third kappa shape index (κ3) is 9.19. The molecule has 4 fully saturated rings. The largest absolute Gasteiger partial charge is 0.389 e. The van der Waals surface area contributed by atoms with Crippen LogP contribution in [0.5, 0.6) is 0 Å². The van der Waals surface area contributed by atoms with Crippen molar-refractivity contribution < 1.29 is 28.6 Å². The summed E-state index contributed by atoms with van der Waals surface area (Å²) in [7, 11) is 1.78. The van der Waals surface area contributed by atoms with Crippen molar-refractivity contribution in [1.82, 2.24) is 45.4 Å². The number of nitrogens with zero attached hydrogens (tertiary/aromatic N) is 7. The summed E-state index contributed by atoms with van der Waals surface area (Å²) in [5, 5.41) is 32.7. The van der Waals surface area contributed by atoms with Gasteiger partial charge in [-0.3, -0.25) is 39.4 Å². The van der Waals surface area contributed by atoms with E-state index >= 15 is 4.39 Å². The quantitative estimate of drug-likeness (QED) is 0.121. The number of dihydropyridines is 1. The SMILES string of the molecule is COCC1(Cc2ccccn2)CCN(C2(c3cnn(C4CCN(C(=O)CC5(O)CCN(c6ccc(NC7CCC(=O)NC7=O)cc6F)CC5)CC4)c3)C=CC(c3cn[nH]c3)=CN2)CC1. The molecule has 0 bridgehead atoms. The lowest BCUT2D eigenvalue weighted by molar-refractivity contribution is -0.139. The van der Waals surface area contributed by atoms with Crippen molar-refractivity contribution in [2.24, 2.45) is 5.41 Å². The van der Waals surface area contributed by atoms with Crippen LogP contribution in [0.4, 0.5) is 15.8 Å². The number of amides is 3. The maximum Gasteiger partial charge on any atom is 0.249 e. The first kappa shape index (κ1) is 43.3. The Labute approximate surface area is 372 Å². The molecular formula is C47H58FN11O5. The summed E-state index contributed by atoms with van der Waals surface area (Å²) >= 11 is 0. The molecule has 3 aromatic heterocycles. The van der Waals surface area contributed by atoms with E-state index in [0.717, 1.165) is 67.6 Å². The van der Waals surface area contributed by atoms with Crippen molar-refractivity contribution in [1.29, 1.82) is 0 Å². The third-order valence-electron chi connectivity index (χ3n) is 14.1. The number of allylic oxidation sites excluding steroid dienone is 2. The van der Waals surface area contributed by atoms with Gasteiger partial charge in [-0.15, -0.1) is 0 Å². The number of hydrogen-bond acceptors (Lipinski definition) is 12. The van der Waals surface area contributed by atoms with Gasteiger partial charge in [0.15, 0.2) is 0 Å². The molecule has 16 nitrogen and oxygen atoms in total. The number of carbonyl (C=O) groups excluding carboxylic acids is 3. The number of pyridine rings is 1. The van der Waals surface area contributed by atoms with Crippen LogP contribution in [0.25, 0.3) is 5.57 Å². The number of benzene rings is 1. The number of carbonyl (C=O) groups is 3. The molecule has 2 atom stereocenters. The minimum absolute atomic E-state index is 0.0204. The van der Waals surface area contributed by atoms with Crippen LogP contribution in [0, 0.1) is 11.2 Å². The molecule has 0 spiro atoms. The van der Waals surface area contributed by atoms with Gasteiger partial charge in [-0.05, 0) is 87.8 Å². The molecule has 0 radical (unpaired) electrons. The Hall–Kier alpha value is -5.91. The predicted octanol–water partition coefficient (Wildman–Crippen LogP) is 4.27. The molecule has 4 aromatic rings. The van der Waals surface area contributed by atoms with Gasteiger partial charge in [-0.2, -0.15) is 10.2 Å². The van der Waals surface area contributed by atoms with Crippen molar-refractivity contribution in [3.8, 4) is 0 Å². The number of imide groups is 1. The average molecular weight is 876 g/mol. The molecule has 338 valence electrons. The fourth-order valence-corrected chi connectivity index (χ4v) is 10.3. The van der Waals surface area contributed by atoms with Gasteiger partial charge in [-0.25, -0.2) is 4.39 Å². The van der Waals surface area contributed by atoms with E-state index in [1.807, 2.05) is 46.7 Å². The second kappa shape index (κ2) is 18.3. The Morgan fingerprint density at radius 3 is 2.50 bits per heavy atom. The summed E-state index contributed by atoms with van der Waals surface area (Å²) in [5.74, 6) is -1.25. The number of hydrogen-bond donors (Lipinski definition) is 5. The summed E-state index contributed by atoms with van der Waals surface area (Å²) in [5.41, 5.74) is 3.19. The molecule has 64 heavy (non-hydrogen) atoms. The lowest BCUT2D eigenvalue weighted by Gasteiger charge is -2.49. The Balaban J connectivity index is 0.804. The third-order valence-corrected chi connectivity index (χ3v) is 14.1. The normalized spacial score (nSPS) is 23.9. The zero-order chi connectivity index (χ0) is 44.3. The van der Waals surface area contributed by atoms with Crippen molar-refractivity contribution in [2.75, 3.05) is 63.2 Å². The van der Waals surface area contributed by atoms with Gasteiger partial charge in [0.25, 0.3) is 0 Å². The van der Waals surface area contributed by atoms with Gasteiger partial charge in [0.05, 0.1) is 42.8 Å². The molecule has 5 N–H and O–H groups in total. The van der Waals surface area contributed by atoms with Crippen LogP contribution in [0.3, 0.4) is 0 Å². The van der Waals surface area contributed by atoms with Crippen LogP contribution >= 0.6 is 0 Å². The van der Waals surface area contributed by atoms with E-state index in [0.29, 0.717) is 63.4 Å². The van der Waals surface area contributed by atoms with Gasteiger partial charge in [0.2, 0.25) is 17.7 Å². The molecule has 1 aromatic carbocycles. The summed E-state index contributed by atoms with van der Waals surface area (Å²) < 4.78 is 23.2. The van der Waals surface area contributed by atoms with Crippen LogP contribution in [0.1, 0.15) is 80.7 Å². The van der Waals surface area contributed by atoms with Crippen LogP contribution in [0.15, 0.2) is 85.7 Å². The summed E-state index contributed by atoms with van der Waals surface area (Å²) in [6.45, 7) is 4.27. The highest BCUT2D eigenvalue weighted by atomic mass is 19.1. The summed E-state index contributed by atoms with van der Waals surface area (Å²) in [6.07, 6.45) is 21.6. The Bertz CT molecular complexity index is 2350. The van der Waals surface area contributed by atoms with Crippen molar-refractivity contribution in [3.63, 3.8) is 0 Å². The molecule has 9 rings (SSSR count). The fraction of sp³-hybridized carbons (Fsp3) is 0.489. The smallest absolute Gasteiger partial charge is 0.249 e. The average Bonchev–Trinajstić information content (AvgIpc) is 4.03. The molecule has 0 saturated carbocycles. The van der Waals surface area contributed by atoms with Crippen LogP contribution < -0.4 is 20.9 Å². The van der Waals surface area contributed by atoms with Crippen molar-refractivity contribution in [2.45, 2.75) is 87.6 Å². The number of rotatable bonds is 13. The minimum atomic E-state index is -1.18. The maximum absolute atomic E-state index is 15.3. The standard InChI is InChI=1S/C47H58FN11O5/c1-64-32-45(25-37-4-2-3-17-49-37)13-22-58(23-14-45)47(12-9-33(27-50-47)34-28-51-52-29-34)35-30-53-59(31-35)38-10-18-57(19-11-38)43(61)26-46(63)15-20-56(21-16-46)41-7-5-36(24-39(41)48)54-40-6-8-42(60)55-44(40)62/h2-5,7,9,12,17,24,27-31,38,40,50,54,63H,6,8,10-11,13-16,18-23,25-26,32H2,1H3,(H,51,52)(H,55,60,62). The maximum atomic E-state index is 15.3. The number of methoxy groups -OCH3 is 1. The molecule has 17 heteroatoms. The van der Waals surface area contributed by atoms with E-state index in [4.69, 9.17) is 9.84 Å². The number of H-pyrrole nitrogens is 1. The lowest BCUT2D eigenvalue weighted by Crippen LogP contribution is -2.58. The molecule has 3 amide bonds. The number of aromatic nitrogens is 5. The lowest BCUT2D eigenvalue weighted by atomic mass is 9.74. The number of aromatic amines is 1. The number of piperidine rings is 4. The zero-order valence-corrected chi connectivity index (χ0v) is 36.3. The van der Waals surface area contributed by atoms with E-state index in [-0.39, 0.29) is 36.1 Å². The molecule has 0 aliphatic carbocycles. The summed E-state index contributed by atoms with van der Waals surface area (Å²) in [6, 6.07) is 10.3. The highest BCUT2D eigenvalue weighted by Gasteiger charge is 2.45. The highest BCUT2D eigenvalue weighted by Crippen LogP contribution is 2.42. The molecule has 4 saturated heterocycles. The van der Waals surface area contributed by atoms with E-state index < -0.39 is 29.0 Å². The topological polar surface area (TPSA) is 186 Å². The number of halogens is 1. The number of aliphatic hydroxyl groups is 1. The first-order chi connectivity index (χ1) is 31.0. The van der Waals surface area contributed by atoms with Crippen LogP contribution in [-0.4, -0.2) is 122 Å². The summed E-state index contributed by atoms with van der Waals surface area (Å²) in [4.78, 5) is 48.2. The van der Waals surface area contributed by atoms with Crippen molar-refractivity contribution in [3.05, 3.63) is 108 Å². The van der Waals surface area contributed by atoms with E-state index in [9.17, 15) is 19.5 Å². The van der Waals surface area contributed by atoms with E-state index in [1.165, 1.54) is 6.07 Å². The first-order valence-electron chi connectivity index (χ1n) is 22.5. The molecule has 5 aliphatic heterocycles. The first-order valence-corrected chi connectivity index (χ1v) is 22.5. The number of ether oxygens (including phenoxy) is 1. The zero-order valence-electron chi connectivity index (χ0n) is 36.3. The second-order valence-corrected chi connectivity index (χ2v) is 18.3. The number of likely N-dealkylation sites (tertiary alicyclic amines) is 2. The van der Waals surface area contributed by atoms with E-state index in [2.05, 4.69) is 71.3 Å².